The number of fused-ring (bicyclic) bond motifs is 2. The van der Waals surface area contributed by atoms with Gasteiger partial charge in [0.2, 0.25) is 0 Å². The lowest BCUT2D eigenvalue weighted by molar-refractivity contribution is 0.241. The molecule has 0 saturated carbocycles. The molecule has 0 heterocycles. The number of aliphatic hydroxyl groups is 1. The van der Waals surface area contributed by atoms with E-state index < -0.39 is 6.10 Å². The second-order valence-electron chi connectivity index (χ2n) is 4.30. The first-order chi connectivity index (χ1) is 8.81. The van der Waals surface area contributed by atoms with Gasteiger partial charge < -0.3 is 5.11 Å². The Morgan fingerprint density at radius 3 is 1.89 bits per heavy atom. The molecule has 0 aliphatic rings. The van der Waals surface area contributed by atoms with E-state index in [0.29, 0.717) is 0 Å². The highest BCUT2D eigenvalue weighted by atomic mass is 16.3. The van der Waals surface area contributed by atoms with Crippen LogP contribution in [0.3, 0.4) is 0 Å². The minimum Gasteiger partial charge on any atom is -0.376 e. The number of hydrogen-bond acceptors (Lipinski definition) is 1. The average Bonchev–Trinajstić information content (AvgIpc) is 2.44. The zero-order valence-electron chi connectivity index (χ0n) is 9.80. The van der Waals surface area contributed by atoms with Crippen LogP contribution >= 0.6 is 0 Å². The first-order valence-electron chi connectivity index (χ1n) is 5.86. The van der Waals surface area contributed by atoms with Gasteiger partial charge in [0.1, 0.15) is 6.10 Å². The van der Waals surface area contributed by atoms with Crippen molar-refractivity contribution in [3.05, 3.63) is 60.2 Å². The molecule has 86 valence electrons. The summed E-state index contributed by atoms with van der Waals surface area (Å²) in [6, 6.07) is 18.1. The Morgan fingerprint density at radius 2 is 1.39 bits per heavy atom. The third-order valence-electron chi connectivity index (χ3n) is 3.24. The quantitative estimate of drug-likeness (QED) is 0.501. The molecule has 0 bridgehead atoms. The predicted octanol–water partition coefficient (Wildman–Crippen LogP) is 3.66. The van der Waals surface area contributed by atoms with Gasteiger partial charge in [-0.1, -0.05) is 54.5 Å². The number of terminal acetylenes is 1. The Labute approximate surface area is 106 Å². The summed E-state index contributed by atoms with van der Waals surface area (Å²) in [6.45, 7) is 0. The van der Waals surface area contributed by atoms with Crippen molar-refractivity contribution in [3.8, 4) is 12.3 Å². The summed E-state index contributed by atoms with van der Waals surface area (Å²) >= 11 is 0. The van der Waals surface area contributed by atoms with Crippen LogP contribution in [0.15, 0.2) is 54.6 Å². The van der Waals surface area contributed by atoms with Gasteiger partial charge in [0.05, 0.1) is 0 Å². The molecule has 0 aliphatic heterocycles. The molecule has 0 fully saturated rings. The molecule has 1 heteroatoms. The third-order valence-corrected chi connectivity index (χ3v) is 3.24. The summed E-state index contributed by atoms with van der Waals surface area (Å²) in [5.74, 6) is 2.42. The number of aliphatic hydroxyl groups excluding tert-OH is 1. The standard InChI is InChI=1S/C17H12O/c1-2-16(18)17-14-9-5-3-7-12(14)11-13-8-4-6-10-15(13)17/h1,3-11,16,18H. The van der Waals surface area contributed by atoms with Crippen LogP contribution in [0.4, 0.5) is 0 Å². The smallest absolute Gasteiger partial charge is 0.141 e. The zero-order valence-corrected chi connectivity index (χ0v) is 9.80. The fourth-order valence-electron chi connectivity index (χ4n) is 2.43. The fourth-order valence-corrected chi connectivity index (χ4v) is 2.43. The van der Waals surface area contributed by atoms with Gasteiger partial charge in [0.15, 0.2) is 0 Å². The summed E-state index contributed by atoms with van der Waals surface area (Å²) < 4.78 is 0. The van der Waals surface area contributed by atoms with Crippen molar-refractivity contribution in [1.29, 1.82) is 0 Å². The zero-order chi connectivity index (χ0) is 12.5. The van der Waals surface area contributed by atoms with Gasteiger partial charge >= 0.3 is 0 Å². The SMILES string of the molecule is C#CC(O)c1c2ccccc2cc2ccccc12. The molecule has 1 atom stereocenters. The van der Waals surface area contributed by atoms with Crippen LogP contribution in [0, 0.1) is 12.3 Å². The van der Waals surface area contributed by atoms with Gasteiger partial charge in [-0.3, -0.25) is 0 Å². The molecule has 0 saturated heterocycles. The number of hydrogen-bond donors (Lipinski definition) is 1. The van der Waals surface area contributed by atoms with E-state index in [2.05, 4.69) is 12.0 Å². The molecule has 0 amide bonds. The van der Waals surface area contributed by atoms with Crippen LogP contribution in [0.2, 0.25) is 0 Å². The first kappa shape index (κ1) is 10.8. The Hall–Kier alpha value is -2.30. The second kappa shape index (κ2) is 4.18. The number of benzene rings is 3. The van der Waals surface area contributed by atoms with E-state index in [-0.39, 0.29) is 0 Å². The maximum absolute atomic E-state index is 10.1. The lowest BCUT2D eigenvalue weighted by Crippen LogP contribution is -1.96. The van der Waals surface area contributed by atoms with Crippen molar-refractivity contribution in [2.24, 2.45) is 0 Å². The molecule has 3 aromatic rings. The van der Waals surface area contributed by atoms with Crippen molar-refractivity contribution < 1.29 is 5.11 Å². The molecule has 1 unspecified atom stereocenters. The monoisotopic (exact) mass is 232 g/mol. The van der Waals surface area contributed by atoms with Crippen LogP contribution < -0.4 is 0 Å². The summed E-state index contributed by atoms with van der Waals surface area (Å²) in [7, 11) is 0. The number of rotatable bonds is 1. The van der Waals surface area contributed by atoms with Crippen molar-refractivity contribution in [3.63, 3.8) is 0 Å². The Kier molecular flexibility index (Phi) is 2.51. The Bertz CT molecular complexity index is 711. The second-order valence-corrected chi connectivity index (χ2v) is 4.30. The molecule has 0 spiro atoms. The largest absolute Gasteiger partial charge is 0.376 e. The molecular formula is C17H12O. The van der Waals surface area contributed by atoms with E-state index in [0.717, 1.165) is 27.1 Å². The lowest BCUT2D eigenvalue weighted by Gasteiger charge is -2.13. The Balaban J connectivity index is 2.54. The van der Waals surface area contributed by atoms with E-state index in [1.807, 2.05) is 48.5 Å². The Morgan fingerprint density at radius 1 is 0.889 bits per heavy atom. The molecule has 3 rings (SSSR count). The van der Waals surface area contributed by atoms with Crippen molar-refractivity contribution in [2.75, 3.05) is 0 Å². The maximum atomic E-state index is 10.1. The average molecular weight is 232 g/mol. The van der Waals surface area contributed by atoms with Crippen molar-refractivity contribution in [1.82, 2.24) is 0 Å². The topological polar surface area (TPSA) is 20.2 Å². The molecule has 3 aromatic carbocycles. The summed E-state index contributed by atoms with van der Waals surface area (Å²) in [5, 5.41) is 14.3. The molecule has 0 radical (unpaired) electrons. The van der Waals surface area contributed by atoms with Crippen LogP contribution in [-0.4, -0.2) is 5.11 Å². The van der Waals surface area contributed by atoms with E-state index in [4.69, 9.17) is 6.42 Å². The van der Waals surface area contributed by atoms with E-state index in [9.17, 15) is 5.11 Å². The molecule has 18 heavy (non-hydrogen) atoms. The molecule has 0 aliphatic carbocycles. The third kappa shape index (κ3) is 1.55. The van der Waals surface area contributed by atoms with E-state index in [1.165, 1.54) is 0 Å². The van der Waals surface area contributed by atoms with E-state index in [1.54, 1.807) is 0 Å². The summed E-state index contributed by atoms with van der Waals surface area (Å²) in [4.78, 5) is 0. The highest BCUT2D eigenvalue weighted by Gasteiger charge is 2.12. The molecule has 0 aromatic heterocycles. The van der Waals surface area contributed by atoms with Gasteiger partial charge in [0.25, 0.3) is 0 Å². The van der Waals surface area contributed by atoms with Crippen LogP contribution in [-0.2, 0) is 0 Å². The normalized spacial score (nSPS) is 12.4. The molecule has 1 N–H and O–H groups in total. The summed E-state index contributed by atoms with van der Waals surface area (Å²) in [6.07, 6.45) is 4.51. The minimum atomic E-state index is -0.874. The molecule has 1 nitrogen and oxygen atoms in total. The van der Waals surface area contributed by atoms with Gasteiger partial charge in [0, 0.05) is 5.56 Å². The fraction of sp³-hybridized carbons (Fsp3) is 0.0588. The van der Waals surface area contributed by atoms with E-state index >= 15 is 0 Å². The lowest BCUT2D eigenvalue weighted by atomic mass is 9.94. The van der Waals surface area contributed by atoms with Crippen LogP contribution in [0.5, 0.6) is 0 Å². The van der Waals surface area contributed by atoms with Gasteiger partial charge in [-0.05, 0) is 27.6 Å². The first-order valence-corrected chi connectivity index (χ1v) is 5.86. The van der Waals surface area contributed by atoms with Gasteiger partial charge in [-0.25, -0.2) is 0 Å². The highest BCUT2D eigenvalue weighted by Crippen LogP contribution is 2.32. The minimum absolute atomic E-state index is 0.825. The van der Waals surface area contributed by atoms with Gasteiger partial charge in [-0.2, -0.15) is 0 Å². The highest BCUT2D eigenvalue weighted by molar-refractivity contribution is 6.02. The van der Waals surface area contributed by atoms with Crippen molar-refractivity contribution in [2.45, 2.75) is 6.10 Å². The van der Waals surface area contributed by atoms with Gasteiger partial charge in [-0.15, -0.1) is 6.42 Å². The maximum Gasteiger partial charge on any atom is 0.141 e. The summed E-state index contributed by atoms with van der Waals surface area (Å²) in [5.41, 5.74) is 0.825. The van der Waals surface area contributed by atoms with Crippen LogP contribution in [0.25, 0.3) is 21.5 Å². The van der Waals surface area contributed by atoms with Crippen molar-refractivity contribution >= 4 is 21.5 Å². The van der Waals surface area contributed by atoms with Crippen LogP contribution in [0.1, 0.15) is 11.7 Å². The molecular weight excluding hydrogens is 220 g/mol. The predicted molar refractivity (Wildman–Crippen MR) is 75.2 cm³/mol.